The predicted octanol–water partition coefficient (Wildman–Crippen LogP) is 0.127. The number of H-pyrrole nitrogens is 2. The van der Waals surface area contributed by atoms with E-state index in [1.54, 1.807) is 6.07 Å². The standard InChI is InChI=1S/C7H11N3O/c11-7-4-6(9-10-7)5-2-1-3-8-5/h4-5,8H,1-3H2,(H2,9,10,11)/t5-/m0/s1. The Bertz CT molecular complexity index is 282. The van der Waals surface area contributed by atoms with Crippen LogP contribution in [0.25, 0.3) is 0 Å². The van der Waals surface area contributed by atoms with E-state index in [0.717, 1.165) is 18.7 Å². The zero-order valence-corrected chi connectivity index (χ0v) is 6.18. The summed E-state index contributed by atoms with van der Waals surface area (Å²) in [4.78, 5) is 10.7. The largest absolute Gasteiger partial charge is 0.309 e. The van der Waals surface area contributed by atoms with Crippen molar-refractivity contribution in [2.75, 3.05) is 6.54 Å². The van der Waals surface area contributed by atoms with Gasteiger partial charge >= 0.3 is 0 Å². The molecule has 0 aliphatic carbocycles. The lowest BCUT2D eigenvalue weighted by atomic mass is 10.2. The molecular formula is C7H11N3O. The van der Waals surface area contributed by atoms with Gasteiger partial charge in [-0.15, -0.1) is 0 Å². The highest BCUT2D eigenvalue weighted by Crippen LogP contribution is 2.19. The van der Waals surface area contributed by atoms with E-state index in [-0.39, 0.29) is 5.56 Å². The van der Waals surface area contributed by atoms with Crippen LogP contribution in [0.15, 0.2) is 10.9 Å². The van der Waals surface area contributed by atoms with Crippen molar-refractivity contribution >= 4 is 0 Å². The van der Waals surface area contributed by atoms with Gasteiger partial charge in [0, 0.05) is 12.1 Å². The van der Waals surface area contributed by atoms with Crippen LogP contribution in [-0.4, -0.2) is 16.7 Å². The van der Waals surface area contributed by atoms with Crippen molar-refractivity contribution in [3.8, 4) is 0 Å². The maximum atomic E-state index is 10.7. The Morgan fingerprint density at radius 3 is 2.91 bits per heavy atom. The van der Waals surface area contributed by atoms with Gasteiger partial charge in [0.25, 0.3) is 5.56 Å². The van der Waals surface area contributed by atoms with Crippen LogP contribution in [0.5, 0.6) is 0 Å². The maximum absolute atomic E-state index is 10.7. The highest BCUT2D eigenvalue weighted by molar-refractivity contribution is 5.06. The third kappa shape index (κ3) is 1.21. The number of aromatic nitrogens is 2. The van der Waals surface area contributed by atoms with Gasteiger partial charge in [0.2, 0.25) is 0 Å². The second-order valence-electron chi connectivity index (χ2n) is 2.86. The summed E-state index contributed by atoms with van der Waals surface area (Å²) in [6.07, 6.45) is 2.31. The van der Waals surface area contributed by atoms with Crippen molar-refractivity contribution < 1.29 is 0 Å². The van der Waals surface area contributed by atoms with Gasteiger partial charge in [-0.2, -0.15) is 0 Å². The average Bonchev–Trinajstić information content (AvgIpc) is 2.55. The van der Waals surface area contributed by atoms with Gasteiger partial charge < -0.3 is 10.4 Å². The van der Waals surface area contributed by atoms with Gasteiger partial charge in [-0.1, -0.05) is 0 Å². The quantitative estimate of drug-likeness (QED) is 0.537. The highest BCUT2D eigenvalue weighted by Gasteiger charge is 2.17. The molecule has 1 fully saturated rings. The average molecular weight is 153 g/mol. The molecule has 4 heteroatoms. The molecule has 0 bridgehead atoms. The van der Waals surface area contributed by atoms with Crippen LogP contribution in [0, 0.1) is 0 Å². The van der Waals surface area contributed by atoms with E-state index >= 15 is 0 Å². The normalized spacial score (nSPS) is 24.2. The molecule has 1 saturated heterocycles. The molecule has 1 aliphatic rings. The molecular weight excluding hydrogens is 142 g/mol. The van der Waals surface area contributed by atoms with Gasteiger partial charge in [-0.3, -0.25) is 9.89 Å². The Labute approximate surface area is 64.0 Å². The molecule has 4 nitrogen and oxygen atoms in total. The van der Waals surface area contributed by atoms with Crippen LogP contribution in [0.1, 0.15) is 24.6 Å². The second-order valence-corrected chi connectivity index (χ2v) is 2.86. The number of nitrogens with one attached hydrogen (secondary N) is 3. The first-order valence-electron chi connectivity index (χ1n) is 3.87. The first kappa shape index (κ1) is 6.67. The van der Waals surface area contributed by atoms with Gasteiger partial charge in [0.05, 0.1) is 5.69 Å². The van der Waals surface area contributed by atoms with Crippen molar-refractivity contribution in [3.05, 3.63) is 22.1 Å². The minimum Gasteiger partial charge on any atom is -0.309 e. The summed E-state index contributed by atoms with van der Waals surface area (Å²) in [6, 6.07) is 1.97. The summed E-state index contributed by atoms with van der Waals surface area (Å²) in [5, 5.41) is 8.67. The Morgan fingerprint density at radius 1 is 1.45 bits per heavy atom. The van der Waals surface area contributed by atoms with Crippen LogP contribution in [-0.2, 0) is 0 Å². The molecule has 0 spiro atoms. The summed E-state index contributed by atoms with van der Waals surface area (Å²) >= 11 is 0. The first-order chi connectivity index (χ1) is 5.36. The third-order valence-electron chi connectivity index (χ3n) is 2.05. The second kappa shape index (κ2) is 2.54. The third-order valence-corrected chi connectivity index (χ3v) is 2.05. The van der Waals surface area contributed by atoms with E-state index in [0.29, 0.717) is 6.04 Å². The molecule has 1 aromatic heterocycles. The molecule has 0 saturated carbocycles. The van der Waals surface area contributed by atoms with E-state index in [4.69, 9.17) is 0 Å². The van der Waals surface area contributed by atoms with Crippen molar-refractivity contribution in [1.29, 1.82) is 0 Å². The number of rotatable bonds is 1. The minimum atomic E-state index is -0.0475. The lowest BCUT2D eigenvalue weighted by molar-refractivity contribution is 0.625. The van der Waals surface area contributed by atoms with E-state index < -0.39 is 0 Å². The van der Waals surface area contributed by atoms with Gasteiger partial charge in [0.1, 0.15) is 0 Å². The summed E-state index contributed by atoms with van der Waals surface area (Å²) in [6.45, 7) is 1.05. The summed E-state index contributed by atoms with van der Waals surface area (Å²) in [5.74, 6) is 0. The molecule has 0 radical (unpaired) electrons. The molecule has 11 heavy (non-hydrogen) atoms. The van der Waals surface area contributed by atoms with Crippen LogP contribution >= 0.6 is 0 Å². The Kier molecular flexibility index (Phi) is 1.54. The fraction of sp³-hybridized carbons (Fsp3) is 0.571. The van der Waals surface area contributed by atoms with Crippen LogP contribution in [0.3, 0.4) is 0 Å². The van der Waals surface area contributed by atoms with Gasteiger partial charge in [-0.05, 0) is 19.4 Å². The van der Waals surface area contributed by atoms with Crippen molar-refractivity contribution in [1.82, 2.24) is 15.5 Å². The fourth-order valence-electron chi connectivity index (χ4n) is 1.48. The number of hydrogen-bond acceptors (Lipinski definition) is 2. The Balaban J connectivity index is 2.21. The maximum Gasteiger partial charge on any atom is 0.264 e. The zero-order chi connectivity index (χ0) is 7.68. The van der Waals surface area contributed by atoms with Crippen molar-refractivity contribution in [2.45, 2.75) is 18.9 Å². The molecule has 0 amide bonds. The molecule has 1 atom stereocenters. The van der Waals surface area contributed by atoms with E-state index in [1.165, 1.54) is 6.42 Å². The van der Waals surface area contributed by atoms with E-state index in [9.17, 15) is 4.79 Å². The van der Waals surface area contributed by atoms with Crippen molar-refractivity contribution in [2.24, 2.45) is 0 Å². The summed E-state index contributed by atoms with van der Waals surface area (Å²) in [5.41, 5.74) is 0.932. The van der Waals surface area contributed by atoms with Gasteiger partial charge in [0.15, 0.2) is 0 Å². The Morgan fingerprint density at radius 2 is 2.36 bits per heavy atom. The lowest BCUT2D eigenvalue weighted by Crippen LogP contribution is -2.13. The number of aromatic amines is 2. The Hall–Kier alpha value is -1.03. The zero-order valence-electron chi connectivity index (χ0n) is 6.18. The minimum absolute atomic E-state index is 0.0475. The summed E-state index contributed by atoms with van der Waals surface area (Å²) in [7, 11) is 0. The summed E-state index contributed by atoms with van der Waals surface area (Å²) < 4.78 is 0. The SMILES string of the molecule is O=c1cc([C@@H]2CCCN2)[nH][nH]1. The van der Waals surface area contributed by atoms with Crippen LogP contribution in [0.2, 0.25) is 0 Å². The highest BCUT2D eigenvalue weighted by atomic mass is 16.1. The molecule has 0 unspecified atom stereocenters. The van der Waals surface area contributed by atoms with Crippen LogP contribution < -0.4 is 10.9 Å². The van der Waals surface area contributed by atoms with Crippen LogP contribution in [0.4, 0.5) is 0 Å². The number of hydrogen-bond donors (Lipinski definition) is 3. The van der Waals surface area contributed by atoms with E-state index in [1.807, 2.05) is 0 Å². The molecule has 0 aromatic carbocycles. The molecule has 2 rings (SSSR count). The fourth-order valence-corrected chi connectivity index (χ4v) is 1.48. The molecule has 1 aliphatic heterocycles. The molecule has 1 aromatic rings. The molecule has 2 heterocycles. The van der Waals surface area contributed by atoms with E-state index in [2.05, 4.69) is 15.5 Å². The lowest BCUT2D eigenvalue weighted by Gasteiger charge is -2.04. The molecule has 3 N–H and O–H groups in total. The van der Waals surface area contributed by atoms with Gasteiger partial charge in [-0.25, -0.2) is 0 Å². The predicted molar refractivity (Wildman–Crippen MR) is 41.4 cm³/mol. The first-order valence-corrected chi connectivity index (χ1v) is 3.87. The van der Waals surface area contributed by atoms with Crippen molar-refractivity contribution in [3.63, 3.8) is 0 Å². The molecule has 60 valence electrons. The topological polar surface area (TPSA) is 60.7 Å². The smallest absolute Gasteiger partial charge is 0.264 e. The monoisotopic (exact) mass is 153 g/mol.